The maximum atomic E-state index is 13.2. The van der Waals surface area contributed by atoms with Crippen molar-refractivity contribution in [1.29, 1.82) is 0 Å². The Bertz CT molecular complexity index is 438. The van der Waals surface area contributed by atoms with E-state index in [4.69, 9.17) is 14.6 Å². The van der Waals surface area contributed by atoms with Crippen molar-refractivity contribution in [2.24, 2.45) is 0 Å². The third-order valence-electron chi connectivity index (χ3n) is 2.24. The molecule has 0 saturated carbocycles. The van der Waals surface area contributed by atoms with Crippen molar-refractivity contribution in [3.63, 3.8) is 0 Å². The molecule has 0 aliphatic rings. The van der Waals surface area contributed by atoms with Gasteiger partial charge in [0, 0.05) is 0 Å². The summed E-state index contributed by atoms with van der Waals surface area (Å²) >= 11 is 0. The first-order valence-electron chi connectivity index (χ1n) is 6.02. The SMILES string of the molecule is CC(C)(C)OCCOCc1cc(F)cc(C(=O)O)c1. The summed E-state index contributed by atoms with van der Waals surface area (Å²) in [7, 11) is 0. The van der Waals surface area contributed by atoms with Crippen molar-refractivity contribution in [2.75, 3.05) is 13.2 Å². The summed E-state index contributed by atoms with van der Waals surface area (Å²) in [6.45, 7) is 6.79. The second-order valence-electron chi connectivity index (χ2n) is 5.17. The average Bonchev–Trinajstić information content (AvgIpc) is 2.26. The van der Waals surface area contributed by atoms with Crippen LogP contribution in [0.25, 0.3) is 0 Å². The van der Waals surface area contributed by atoms with Crippen LogP contribution in [0.15, 0.2) is 18.2 Å². The summed E-state index contributed by atoms with van der Waals surface area (Å²) in [4.78, 5) is 10.8. The van der Waals surface area contributed by atoms with Gasteiger partial charge in [0.15, 0.2) is 0 Å². The molecule has 0 unspecified atom stereocenters. The van der Waals surface area contributed by atoms with Crippen LogP contribution in [-0.4, -0.2) is 29.9 Å². The Hall–Kier alpha value is -1.46. The van der Waals surface area contributed by atoms with Crippen LogP contribution < -0.4 is 0 Å². The highest BCUT2D eigenvalue weighted by molar-refractivity contribution is 5.87. The number of rotatable bonds is 6. The molecule has 0 atom stereocenters. The third-order valence-corrected chi connectivity index (χ3v) is 2.24. The van der Waals surface area contributed by atoms with E-state index >= 15 is 0 Å². The van der Waals surface area contributed by atoms with Crippen LogP contribution >= 0.6 is 0 Å². The van der Waals surface area contributed by atoms with E-state index in [1.807, 2.05) is 20.8 Å². The Balaban J connectivity index is 2.43. The van der Waals surface area contributed by atoms with Gasteiger partial charge in [-0.05, 0) is 44.5 Å². The Kier molecular flexibility index (Phi) is 5.44. The van der Waals surface area contributed by atoms with Crippen LogP contribution in [0, 0.1) is 5.82 Å². The van der Waals surface area contributed by atoms with Crippen molar-refractivity contribution in [2.45, 2.75) is 33.0 Å². The van der Waals surface area contributed by atoms with Gasteiger partial charge >= 0.3 is 5.97 Å². The highest BCUT2D eigenvalue weighted by atomic mass is 19.1. The van der Waals surface area contributed by atoms with Gasteiger partial charge in [0.1, 0.15) is 5.82 Å². The van der Waals surface area contributed by atoms with Gasteiger partial charge < -0.3 is 14.6 Å². The van der Waals surface area contributed by atoms with Crippen LogP contribution in [-0.2, 0) is 16.1 Å². The molecule has 0 radical (unpaired) electrons. The smallest absolute Gasteiger partial charge is 0.335 e. The van der Waals surface area contributed by atoms with Gasteiger partial charge in [-0.25, -0.2) is 9.18 Å². The second-order valence-corrected chi connectivity index (χ2v) is 5.17. The predicted molar refractivity (Wildman–Crippen MR) is 68.7 cm³/mol. The quantitative estimate of drug-likeness (QED) is 0.807. The minimum atomic E-state index is -1.16. The molecule has 4 nitrogen and oxygen atoms in total. The molecule has 0 aromatic heterocycles. The summed E-state index contributed by atoms with van der Waals surface area (Å²) in [6.07, 6.45) is 0. The number of hydrogen-bond donors (Lipinski definition) is 1. The Morgan fingerprint density at radius 2 is 1.95 bits per heavy atom. The predicted octanol–water partition coefficient (Wildman–Crippen LogP) is 2.86. The van der Waals surface area contributed by atoms with Crippen LogP contribution in [0.3, 0.4) is 0 Å². The highest BCUT2D eigenvalue weighted by Gasteiger charge is 2.10. The summed E-state index contributed by atoms with van der Waals surface area (Å²) in [5.74, 6) is -1.73. The van der Waals surface area contributed by atoms with Crippen molar-refractivity contribution in [1.82, 2.24) is 0 Å². The molecule has 0 saturated heterocycles. The van der Waals surface area contributed by atoms with Gasteiger partial charge in [-0.3, -0.25) is 0 Å². The van der Waals surface area contributed by atoms with Gasteiger partial charge in [-0.1, -0.05) is 0 Å². The molecule has 0 amide bonds. The molecule has 5 heteroatoms. The molecule has 19 heavy (non-hydrogen) atoms. The monoisotopic (exact) mass is 270 g/mol. The molecule has 0 spiro atoms. The van der Waals surface area contributed by atoms with Crippen LogP contribution in [0.2, 0.25) is 0 Å². The van der Waals surface area contributed by atoms with Crippen molar-refractivity contribution in [3.05, 3.63) is 35.1 Å². The van der Waals surface area contributed by atoms with Crippen LogP contribution in [0.1, 0.15) is 36.7 Å². The van der Waals surface area contributed by atoms with E-state index < -0.39 is 11.8 Å². The first-order chi connectivity index (χ1) is 8.78. The van der Waals surface area contributed by atoms with Crippen LogP contribution in [0.5, 0.6) is 0 Å². The van der Waals surface area contributed by atoms with Gasteiger partial charge in [0.05, 0.1) is 31.0 Å². The Labute approximate surface area is 112 Å². The lowest BCUT2D eigenvalue weighted by Crippen LogP contribution is -2.21. The van der Waals surface area contributed by atoms with E-state index in [1.165, 1.54) is 12.1 Å². The summed E-state index contributed by atoms with van der Waals surface area (Å²) in [5, 5.41) is 8.81. The molecule has 0 bridgehead atoms. The van der Waals surface area contributed by atoms with E-state index in [2.05, 4.69) is 0 Å². The van der Waals surface area contributed by atoms with Gasteiger partial charge in [-0.15, -0.1) is 0 Å². The number of ether oxygens (including phenoxy) is 2. The molecular formula is C14H19FO4. The molecule has 0 aliphatic carbocycles. The summed E-state index contributed by atoms with van der Waals surface area (Å²) in [5.41, 5.74) is 0.191. The number of carbonyl (C=O) groups is 1. The standard InChI is InChI=1S/C14H19FO4/c1-14(2,3)19-5-4-18-9-10-6-11(13(16)17)8-12(15)7-10/h6-8H,4-5,9H2,1-3H3,(H,16,17). The van der Waals surface area contributed by atoms with Crippen molar-refractivity contribution in [3.8, 4) is 0 Å². The van der Waals surface area contributed by atoms with Crippen molar-refractivity contribution >= 4 is 5.97 Å². The number of halogens is 1. The zero-order valence-electron chi connectivity index (χ0n) is 11.4. The fraction of sp³-hybridized carbons (Fsp3) is 0.500. The lowest BCUT2D eigenvalue weighted by Gasteiger charge is -2.19. The average molecular weight is 270 g/mol. The lowest BCUT2D eigenvalue weighted by molar-refractivity contribution is -0.0377. The first kappa shape index (κ1) is 15.6. The Morgan fingerprint density at radius 1 is 1.26 bits per heavy atom. The minimum absolute atomic E-state index is 0.0791. The van der Waals surface area contributed by atoms with E-state index in [-0.39, 0.29) is 17.8 Å². The largest absolute Gasteiger partial charge is 0.478 e. The summed E-state index contributed by atoms with van der Waals surface area (Å²) in [6, 6.07) is 3.64. The van der Waals surface area contributed by atoms with E-state index in [0.29, 0.717) is 18.8 Å². The third kappa shape index (κ3) is 6.31. The van der Waals surface area contributed by atoms with E-state index in [1.54, 1.807) is 0 Å². The van der Waals surface area contributed by atoms with Gasteiger partial charge in [-0.2, -0.15) is 0 Å². The lowest BCUT2D eigenvalue weighted by atomic mass is 10.1. The molecule has 1 rings (SSSR count). The summed E-state index contributed by atoms with van der Waals surface area (Å²) < 4.78 is 24.0. The number of aromatic carboxylic acids is 1. The fourth-order valence-corrected chi connectivity index (χ4v) is 1.45. The molecule has 1 aromatic carbocycles. The fourth-order valence-electron chi connectivity index (χ4n) is 1.45. The number of carboxylic acid groups (broad SMARTS) is 1. The topological polar surface area (TPSA) is 55.8 Å². The molecule has 0 aliphatic heterocycles. The molecular weight excluding hydrogens is 251 g/mol. The number of hydrogen-bond acceptors (Lipinski definition) is 3. The second kappa shape index (κ2) is 6.63. The molecule has 1 aromatic rings. The maximum absolute atomic E-state index is 13.2. The normalized spacial score (nSPS) is 11.6. The Morgan fingerprint density at radius 3 is 2.53 bits per heavy atom. The van der Waals surface area contributed by atoms with E-state index in [9.17, 15) is 9.18 Å². The van der Waals surface area contributed by atoms with E-state index in [0.717, 1.165) is 6.07 Å². The zero-order valence-corrected chi connectivity index (χ0v) is 11.4. The molecule has 0 fully saturated rings. The maximum Gasteiger partial charge on any atom is 0.335 e. The first-order valence-corrected chi connectivity index (χ1v) is 6.02. The van der Waals surface area contributed by atoms with Gasteiger partial charge in [0.2, 0.25) is 0 Å². The molecule has 1 N–H and O–H groups in total. The highest BCUT2D eigenvalue weighted by Crippen LogP contribution is 2.11. The van der Waals surface area contributed by atoms with Crippen molar-refractivity contribution < 1.29 is 23.8 Å². The molecule has 106 valence electrons. The molecule has 0 heterocycles. The van der Waals surface area contributed by atoms with Gasteiger partial charge in [0.25, 0.3) is 0 Å². The zero-order chi connectivity index (χ0) is 14.5. The minimum Gasteiger partial charge on any atom is -0.478 e. The van der Waals surface area contributed by atoms with Crippen LogP contribution in [0.4, 0.5) is 4.39 Å². The number of carboxylic acids is 1. The number of benzene rings is 1.